The molecule has 1 atom stereocenters. The summed E-state index contributed by atoms with van der Waals surface area (Å²) in [7, 11) is 1.67. The highest BCUT2D eigenvalue weighted by Gasteiger charge is 2.01. The Kier molecular flexibility index (Phi) is 3.24. The third-order valence-electron chi connectivity index (χ3n) is 1.11. The molecule has 0 aromatic rings. The SMILES string of the molecule is [CH]C(CC)N(C)C=O. The van der Waals surface area contributed by atoms with Gasteiger partial charge in [-0.15, -0.1) is 0 Å². The molecule has 0 aliphatic heterocycles. The van der Waals surface area contributed by atoms with Gasteiger partial charge < -0.3 is 4.90 Å². The normalized spacial score (nSPS) is 12.9. The van der Waals surface area contributed by atoms with Gasteiger partial charge in [-0.3, -0.25) is 4.79 Å². The van der Waals surface area contributed by atoms with Crippen molar-refractivity contribution >= 4 is 6.41 Å². The van der Waals surface area contributed by atoms with Gasteiger partial charge in [0.1, 0.15) is 0 Å². The Morgan fingerprint density at radius 1 is 1.88 bits per heavy atom. The molecular weight excluding hydrogens is 102 g/mol. The van der Waals surface area contributed by atoms with E-state index in [0.717, 1.165) is 12.8 Å². The molecule has 2 heteroatoms. The van der Waals surface area contributed by atoms with E-state index in [0.29, 0.717) is 0 Å². The molecule has 0 rings (SSSR count). The van der Waals surface area contributed by atoms with Crippen LogP contribution in [0.4, 0.5) is 0 Å². The maximum absolute atomic E-state index is 9.95. The van der Waals surface area contributed by atoms with Crippen LogP contribution in [0.1, 0.15) is 13.3 Å². The molecule has 0 saturated carbocycles. The van der Waals surface area contributed by atoms with E-state index >= 15 is 0 Å². The van der Waals surface area contributed by atoms with E-state index in [1.165, 1.54) is 4.90 Å². The third-order valence-corrected chi connectivity index (χ3v) is 1.11. The molecule has 0 saturated heterocycles. The largest absolute Gasteiger partial charge is 0.345 e. The highest BCUT2D eigenvalue weighted by molar-refractivity contribution is 5.47. The van der Waals surface area contributed by atoms with Gasteiger partial charge >= 0.3 is 0 Å². The average molecular weight is 113 g/mol. The van der Waals surface area contributed by atoms with Crippen LogP contribution < -0.4 is 0 Å². The molecule has 1 unspecified atom stereocenters. The van der Waals surface area contributed by atoms with Crippen molar-refractivity contribution in [1.29, 1.82) is 0 Å². The van der Waals surface area contributed by atoms with E-state index in [4.69, 9.17) is 6.92 Å². The van der Waals surface area contributed by atoms with Crippen molar-refractivity contribution in [2.75, 3.05) is 7.05 Å². The maximum Gasteiger partial charge on any atom is 0.209 e. The van der Waals surface area contributed by atoms with E-state index in [-0.39, 0.29) is 6.04 Å². The zero-order valence-corrected chi connectivity index (χ0v) is 5.29. The van der Waals surface area contributed by atoms with Crippen LogP contribution in [0.3, 0.4) is 0 Å². The molecule has 8 heavy (non-hydrogen) atoms. The zero-order valence-electron chi connectivity index (χ0n) is 5.29. The van der Waals surface area contributed by atoms with Crippen LogP contribution in [0.15, 0.2) is 0 Å². The van der Waals surface area contributed by atoms with Crippen molar-refractivity contribution in [2.24, 2.45) is 0 Å². The Balaban J connectivity index is 3.44. The van der Waals surface area contributed by atoms with E-state index < -0.39 is 0 Å². The molecule has 0 aliphatic rings. The highest BCUT2D eigenvalue weighted by atomic mass is 16.1. The summed E-state index contributed by atoms with van der Waals surface area (Å²) in [5, 5.41) is 0. The Morgan fingerprint density at radius 3 is 2.50 bits per heavy atom. The minimum atomic E-state index is -0.118. The standard InChI is InChI=1S/C6H11NO/c1-4-6(2)7(3)5-8/h2,5-6H,4H2,1,3H3. The number of amides is 1. The third kappa shape index (κ3) is 1.96. The molecule has 2 radical (unpaired) electrons. The fourth-order valence-corrected chi connectivity index (χ4v) is 0.366. The predicted octanol–water partition coefficient (Wildman–Crippen LogP) is 0.564. The quantitative estimate of drug-likeness (QED) is 0.490. The molecule has 46 valence electrons. The number of hydrogen-bond donors (Lipinski definition) is 0. The van der Waals surface area contributed by atoms with Gasteiger partial charge in [0.15, 0.2) is 0 Å². The number of carbonyl (C=O) groups excluding carboxylic acids is 1. The summed E-state index contributed by atoms with van der Waals surface area (Å²) < 4.78 is 0. The van der Waals surface area contributed by atoms with Crippen molar-refractivity contribution in [1.82, 2.24) is 4.90 Å². The van der Waals surface area contributed by atoms with Crippen molar-refractivity contribution in [3.8, 4) is 0 Å². The zero-order chi connectivity index (χ0) is 6.57. The summed E-state index contributed by atoms with van der Waals surface area (Å²) >= 11 is 0. The molecule has 0 aliphatic carbocycles. The van der Waals surface area contributed by atoms with Crippen molar-refractivity contribution in [2.45, 2.75) is 19.4 Å². The highest BCUT2D eigenvalue weighted by Crippen LogP contribution is 1.94. The van der Waals surface area contributed by atoms with Crippen molar-refractivity contribution in [3.05, 3.63) is 6.92 Å². The lowest BCUT2D eigenvalue weighted by molar-refractivity contribution is -0.118. The van der Waals surface area contributed by atoms with Gasteiger partial charge in [-0.05, 0) is 13.3 Å². The molecule has 0 heterocycles. The Labute approximate surface area is 50.5 Å². The van der Waals surface area contributed by atoms with Crippen LogP contribution in [-0.4, -0.2) is 24.4 Å². The smallest absolute Gasteiger partial charge is 0.209 e. The summed E-state index contributed by atoms with van der Waals surface area (Å²) in [5.74, 6) is 0. The van der Waals surface area contributed by atoms with Crippen molar-refractivity contribution < 1.29 is 4.79 Å². The van der Waals surface area contributed by atoms with Crippen LogP contribution in [-0.2, 0) is 4.79 Å². The van der Waals surface area contributed by atoms with Crippen LogP contribution in [0.2, 0.25) is 0 Å². The molecule has 0 aromatic carbocycles. The van der Waals surface area contributed by atoms with Crippen LogP contribution in [0, 0.1) is 6.92 Å². The lowest BCUT2D eigenvalue weighted by Crippen LogP contribution is -2.26. The lowest BCUT2D eigenvalue weighted by atomic mass is 10.2. The van der Waals surface area contributed by atoms with Gasteiger partial charge in [-0.1, -0.05) is 6.92 Å². The minimum Gasteiger partial charge on any atom is -0.345 e. The van der Waals surface area contributed by atoms with Crippen LogP contribution in [0.5, 0.6) is 0 Å². The first-order chi connectivity index (χ1) is 3.72. The molecule has 0 spiro atoms. The first-order valence-electron chi connectivity index (χ1n) is 2.65. The second-order valence-electron chi connectivity index (χ2n) is 1.75. The number of rotatable bonds is 3. The van der Waals surface area contributed by atoms with Gasteiger partial charge in [0.05, 0.1) is 0 Å². The molecule has 0 aromatic heterocycles. The fourth-order valence-electron chi connectivity index (χ4n) is 0.366. The molecule has 0 N–H and O–H groups in total. The second kappa shape index (κ2) is 3.47. The van der Waals surface area contributed by atoms with E-state index in [9.17, 15) is 4.79 Å². The first kappa shape index (κ1) is 7.47. The minimum absolute atomic E-state index is 0.118. The van der Waals surface area contributed by atoms with Gasteiger partial charge in [0, 0.05) is 13.1 Å². The lowest BCUT2D eigenvalue weighted by Gasteiger charge is -2.16. The van der Waals surface area contributed by atoms with Crippen LogP contribution >= 0.6 is 0 Å². The molecular formula is C6H11NO. The molecule has 0 bridgehead atoms. The average Bonchev–Trinajstić information content (AvgIpc) is 1.84. The maximum atomic E-state index is 9.95. The second-order valence-corrected chi connectivity index (χ2v) is 1.75. The molecule has 2 nitrogen and oxygen atoms in total. The summed E-state index contributed by atoms with van der Waals surface area (Å²) in [4.78, 5) is 11.4. The fraction of sp³-hybridized carbons (Fsp3) is 0.667. The van der Waals surface area contributed by atoms with Gasteiger partial charge in [0.2, 0.25) is 6.41 Å². The van der Waals surface area contributed by atoms with E-state index in [2.05, 4.69) is 0 Å². The monoisotopic (exact) mass is 113 g/mol. The first-order valence-corrected chi connectivity index (χ1v) is 2.65. The van der Waals surface area contributed by atoms with Gasteiger partial charge in [-0.2, -0.15) is 0 Å². The Bertz CT molecular complexity index is 72.9. The Hall–Kier alpha value is -0.530. The molecule has 0 fully saturated rings. The van der Waals surface area contributed by atoms with Gasteiger partial charge in [0.25, 0.3) is 0 Å². The van der Waals surface area contributed by atoms with Crippen molar-refractivity contribution in [3.63, 3.8) is 0 Å². The predicted molar refractivity (Wildman–Crippen MR) is 32.2 cm³/mol. The Morgan fingerprint density at radius 2 is 2.38 bits per heavy atom. The summed E-state index contributed by atoms with van der Waals surface area (Å²) in [5.41, 5.74) is 0. The number of hydrogen-bond acceptors (Lipinski definition) is 1. The van der Waals surface area contributed by atoms with E-state index in [1.807, 2.05) is 6.92 Å². The summed E-state index contributed by atoms with van der Waals surface area (Å²) in [6.45, 7) is 7.36. The molecule has 1 amide bonds. The number of carbonyl (C=O) groups is 1. The topological polar surface area (TPSA) is 20.3 Å². The van der Waals surface area contributed by atoms with E-state index in [1.54, 1.807) is 7.05 Å². The van der Waals surface area contributed by atoms with Gasteiger partial charge in [-0.25, -0.2) is 0 Å². The van der Waals surface area contributed by atoms with Crippen LogP contribution in [0.25, 0.3) is 0 Å². The number of nitrogens with zero attached hydrogens (tertiary/aromatic N) is 1. The summed E-state index contributed by atoms with van der Waals surface area (Å²) in [6.07, 6.45) is 1.53. The summed E-state index contributed by atoms with van der Waals surface area (Å²) in [6, 6.07) is -0.118.